The molecule has 2 saturated heterocycles. The lowest BCUT2D eigenvalue weighted by Crippen LogP contribution is -2.54. The Balaban J connectivity index is 1.65. The monoisotopic (exact) mass is 725 g/mol. The molecule has 2 fully saturated rings. The maximum Gasteiger partial charge on any atom is 0.407 e. The number of nitrogens with zero attached hydrogens (tertiary/aromatic N) is 2. The number of ether oxygens (including phenoxy) is 2. The van der Waals surface area contributed by atoms with Gasteiger partial charge in [0.15, 0.2) is 0 Å². The van der Waals surface area contributed by atoms with E-state index >= 15 is 0 Å². The van der Waals surface area contributed by atoms with Crippen LogP contribution in [0, 0.1) is 0 Å². The molecule has 2 unspecified atom stereocenters. The highest BCUT2D eigenvalue weighted by molar-refractivity contribution is 7.54. The molecule has 2 heterocycles. The molecular formula is C33H52N5O11P. The fourth-order valence-electron chi connectivity index (χ4n) is 5.72. The van der Waals surface area contributed by atoms with Crippen LogP contribution in [0.4, 0.5) is 9.59 Å². The van der Waals surface area contributed by atoms with E-state index in [1.807, 2.05) is 37.3 Å². The smallest absolute Gasteiger partial charge is 0.407 e. The van der Waals surface area contributed by atoms with Gasteiger partial charge in [-0.2, -0.15) is 0 Å². The van der Waals surface area contributed by atoms with E-state index in [9.17, 15) is 33.6 Å². The number of hydrogen-bond donors (Lipinski definition) is 4. The number of rotatable bonds is 19. The summed E-state index contributed by atoms with van der Waals surface area (Å²) in [5, 5.41) is 17.8. The van der Waals surface area contributed by atoms with Crippen LogP contribution in [-0.2, 0) is 44.1 Å². The number of benzene rings is 1. The Hall–Kier alpha value is -3.72. The van der Waals surface area contributed by atoms with Crippen molar-refractivity contribution in [3.05, 3.63) is 35.9 Å². The van der Waals surface area contributed by atoms with Crippen molar-refractivity contribution in [1.82, 2.24) is 25.8 Å². The van der Waals surface area contributed by atoms with E-state index in [2.05, 4.69) is 16.0 Å². The number of hydrogen-bond acceptors (Lipinski definition) is 10. The third kappa shape index (κ3) is 12.6. The number of aliphatic carboxylic acids is 1. The third-order valence-electron chi connectivity index (χ3n) is 8.56. The topological polar surface area (TPSA) is 202 Å². The van der Waals surface area contributed by atoms with E-state index in [4.69, 9.17) is 18.5 Å². The minimum atomic E-state index is -4.19. The average molecular weight is 726 g/mol. The standard InChI is InChI=1S/C33H52N5O11P/c1-4-5-16-28(50(45,46-3)49-24(2)30(40)38-18-11-15-27(38)31(41)42)36-29(39)26(35-32(43)37-19-21-47-22-20-37)14-9-10-17-34-33(44)48-23-25-12-7-6-8-13-25/h6-8,12-13,24,26-28H,4-5,9-11,14-23H2,1-3H3,(H,34,44)(H,35,43)(H,36,39)(H,41,42)/t24?,26-,27-,28-,50?/m0/s1. The quantitative estimate of drug-likeness (QED) is 0.120. The number of morpholine rings is 1. The molecule has 0 saturated carbocycles. The van der Waals surface area contributed by atoms with Gasteiger partial charge >= 0.3 is 25.7 Å². The molecule has 3 rings (SSSR count). The fourth-order valence-corrected chi connectivity index (χ4v) is 7.52. The Bertz CT molecular complexity index is 1310. The van der Waals surface area contributed by atoms with Crippen LogP contribution < -0.4 is 16.0 Å². The van der Waals surface area contributed by atoms with E-state index in [-0.39, 0.29) is 32.5 Å². The number of nitrogens with one attached hydrogen (secondary N) is 3. The molecule has 1 aromatic rings. The molecule has 0 aliphatic carbocycles. The number of carboxylic acid groups (broad SMARTS) is 1. The van der Waals surface area contributed by atoms with Gasteiger partial charge in [0.05, 0.1) is 13.2 Å². The van der Waals surface area contributed by atoms with Crippen LogP contribution in [0.2, 0.25) is 0 Å². The molecule has 0 spiro atoms. The number of alkyl carbamates (subject to hydrolysis) is 1. The van der Waals surface area contributed by atoms with Gasteiger partial charge in [-0.3, -0.25) is 18.7 Å². The summed E-state index contributed by atoms with van der Waals surface area (Å²) in [4.78, 5) is 66.7. The molecule has 1 aromatic carbocycles. The van der Waals surface area contributed by atoms with E-state index in [1.165, 1.54) is 11.8 Å². The van der Waals surface area contributed by atoms with E-state index in [0.29, 0.717) is 64.8 Å². The van der Waals surface area contributed by atoms with Crippen molar-refractivity contribution in [3.8, 4) is 0 Å². The molecule has 50 heavy (non-hydrogen) atoms. The Kier molecular flexibility index (Phi) is 17.0. The third-order valence-corrected chi connectivity index (χ3v) is 10.8. The first-order valence-corrected chi connectivity index (χ1v) is 18.9. The lowest BCUT2D eigenvalue weighted by atomic mass is 10.1. The number of unbranched alkanes of at least 4 members (excludes halogenated alkanes) is 2. The van der Waals surface area contributed by atoms with Gasteiger partial charge in [0.25, 0.3) is 5.91 Å². The normalized spacial score (nSPS) is 19.1. The molecule has 2 aliphatic heterocycles. The molecule has 2 aliphatic rings. The molecule has 5 amide bonds. The number of urea groups is 1. The molecule has 280 valence electrons. The number of carbonyl (C=O) groups is 5. The average Bonchev–Trinajstić information content (AvgIpc) is 3.62. The highest BCUT2D eigenvalue weighted by Gasteiger charge is 2.43. The van der Waals surface area contributed by atoms with Gasteiger partial charge in [-0.15, -0.1) is 0 Å². The van der Waals surface area contributed by atoms with Gasteiger partial charge in [-0.25, -0.2) is 14.4 Å². The summed E-state index contributed by atoms with van der Waals surface area (Å²) in [7, 11) is -3.03. The van der Waals surface area contributed by atoms with Crippen LogP contribution in [0.1, 0.15) is 70.8 Å². The van der Waals surface area contributed by atoms with Crippen LogP contribution >= 0.6 is 7.60 Å². The van der Waals surface area contributed by atoms with Crippen molar-refractivity contribution in [3.63, 3.8) is 0 Å². The molecule has 0 radical (unpaired) electrons. The number of likely N-dealkylation sites (tertiary alicyclic amines) is 1. The Labute approximate surface area is 293 Å². The van der Waals surface area contributed by atoms with Crippen molar-refractivity contribution < 1.29 is 52.2 Å². The number of carboxylic acids is 1. The molecule has 17 heteroatoms. The van der Waals surface area contributed by atoms with Gasteiger partial charge in [0.1, 0.15) is 30.6 Å². The number of carbonyl (C=O) groups excluding carboxylic acids is 4. The fraction of sp³-hybridized carbons (Fsp3) is 0.667. The zero-order chi connectivity index (χ0) is 36.5. The highest BCUT2D eigenvalue weighted by atomic mass is 31.2. The summed E-state index contributed by atoms with van der Waals surface area (Å²) in [6, 6.07) is 6.77. The Morgan fingerprint density at radius 2 is 1.74 bits per heavy atom. The maximum atomic E-state index is 14.2. The molecule has 0 bridgehead atoms. The molecule has 5 atom stereocenters. The van der Waals surface area contributed by atoms with Crippen LogP contribution in [-0.4, -0.2) is 115 Å². The summed E-state index contributed by atoms with van der Waals surface area (Å²) in [5.74, 6) is -3.54. The van der Waals surface area contributed by atoms with E-state index < -0.39 is 61.5 Å². The summed E-state index contributed by atoms with van der Waals surface area (Å²) < 4.78 is 35.9. The minimum absolute atomic E-state index is 0.130. The lowest BCUT2D eigenvalue weighted by molar-refractivity contribution is -0.151. The largest absolute Gasteiger partial charge is 0.480 e. The molecular weight excluding hydrogens is 673 g/mol. The highest BCUT2D eigenvalue weighted by Crippen LogP contribution is 2.54. The van der Waals surface area contributed by atoms with Gasteiger partial charge < -0.3 is 44.9 Å². The van der Waals surface area contributed by atoms with Crippen molar-refractivity contribution in [2.75, 3.05) is 46.5 Å². The summed E-state index contributed by atoms with van der Waals surface area (Å²) in [5.41, 5.74) is 0.854. The van der Waals surface area contributed by atoms with Gasteiger partial charge in [-0.05, 0) is 51.0 Å². The summed E-state index contributed by atoms with van der Waals surface area (Å²) in [6.45, 7) is 5.37. The second-order valence-corrected chi connectivity index (χ2v) is 14.5. The zero-order valence-electron chi connectivity index (χ0n) is 29.2. The molecule has 16 nitrogen and oxygen atoms in total. The second kappa shape index (κ2) is 20.8. The SMILES string of the molecule is CCCC[C@@H](NC(=O)[C@H](CCCCNC(=O)OCc1ccccc1)NC(=O)N1CCOCC1)P(=O)(OC)OC(C)C(=O)N1CCC[C@H]1C(=O)O. The van der Waals surface area contributed by atoms with Gasteiger partial charge in [0, 0.05) is 33.3 Å². The van der Waals surface area contributed by atoms with Crippen LogP contribution in [0.3, 0.4) is 0 Å². The van der Waals surface area contributed by atoms with Crippen molar-refractivity contribution >= 4 is 37.5 Å². The van der Waals surface area contributed by atoms with Crippen molar-refractivity contribution in [2.24, 2.45) is 0 Å². The molecule has 0 aromatic heterocycles. The Morgan fingerprint density at radius 1 is 1.02 bits per heavy atom. The predicted octanol–water partition coefficient (Wildman–Crippen LogP) is 3.45. The van der Waals surface area contributed by atoms with Gasteiger partial charge in [0.2, 0.25) is 5.91 Å². The van der Waals surface area contributed by atoms with E-state index in [1.54, 1.807) is 4.90 Å². The molecule has 4 N–H and O–H groups in total. The Morgan fingerprint density at radius 3 is 2.40 bits per heavy atom. The van der Waals surface area contributed by atoms with Gasteiger partial charge in [-0.1, -0.05) is 50.1 Å². The van der Waals surface area contributed by atoms with Crippen LogP contribution in [0.15, 0.2) is 30.3 Å². The van der Waals surface area contributed by atoms with Crippen LogP contribution in [0.25, 0.3) is 0 Å². The summed E-state index contributed by atoms with van der Waals surface area (Å²) in [6.07, 6.45) is 1.45. The first kappa shape index (κ1) is 40.7. The lowest BCUT2D eigenvalue weighted by Gasteiger charge is -2.32. The summed E-state index contributed by atoms with van der Waals surface area (Å²) >= 11 is 0. The van der Waals surface area contributed by atoms with Crippen molar-refractivity contribution in [2.45, 2.75) is 95.8 Å². The minimum Gasteiger partial charge on any atom is -0.480 e. The van der Waals surface area contributed by atoms with Crippen LogP contribution in [0.5, 0.6) is 0 Å². The first-order chi connectivity index (χ1) is 24.0. The maximum absolute atomic E-state index is 14.2. The van der Waals surface area contributed by atoms with E-state index in [0.717, 1.165) is 12.7 Å². The number of amides is 5. The zero-order valence-corrected chi connectivity index (χ0v) is 30.1. The predicted molar refractivity (Wildman–Crippen MR) is 182 cm³/mol. The first-order valence-electron chi connectivity index (χ1n) is 17.2. The van der Waals surface area contributed by atoms with Crippen molar-refractivity contribution in [1.29, 1.82) is 0 Å². The second-order valence-electron chi connectivity index (χ2n) is 12.3.